The minimum atomic E-state index is -0.00316. The Bertz CT molecular complexity index is 384. The minimum Gasteiger partial charge on any atom is -0.491 e. The number of ether oxygens (including phenoxy) is 1. The van der Waals surface area contributed by atoms with Crippen LogP contribution in [-0.4, -0.2) is 18.6 Å². The van der Waals surface area contributed by atoms with Crippen LogP contribution in [0.5, 0.6) is 5.75 Å². The lowest BCUT2D eigenvalue weighted by molar-refractivity contribution is 0.0953. The van der Waals surface area contributed by atoms with Gasteiger partial charge in [-0.05, 0) is 44.5 Å². The van der Waals surface area contributed by atoms with Crippen LogP contribution in [-0.2, 0) is 0 Å². The smallest absolute Gasteiger partial charge is 0.251 e. The highest BCUT2D eigenvalue weighted by Crippen LogP contribution is 2.13. The summed E-state index contributed by atoms with van der Waals surface area (Å²) >= 11 is 0. The van der Waals surface area contributed by atoms with E-state index in [-0.39, 0.29) is 12.0 Å². The average molecular weight is 277 g/mol. The number of hydrogen-bond acceptors (Lipinski definition) is 2. The molecule has 20 heavy (non-hydrogen) atoms. The molecule has 3 heteroatoms. The highest BCUT2D eigenvalue weighted by Gasteiger charge is 2.05. The Hall–Kier alpha value is -1.51. The summed E-state index contributed by atoms with van der Waals surface area (Å²) < 4.78 is 5.55. The second-order valence-electron chi connectivity index (χ2n) is 5.36. The molecule has 0 saturated heterocycles. The van der Waals surface area contributed by atoms with Gasteiger partial charge in [-0.3, -0.25) is 4.79 Å². The van der Waals surface area contributed by atoms with Crippen molar-refractivity contribution >= 4 is 5.91 Å². The van der Waals surface area contributed by atoms with E-state index in [1.165, 1.54) is 25.7 Å². The number of rotatable bonds is 9. The highest BCUT2D eigenvalue weighted by atomic mass is 16.5. The molecule has 0 aliphatic rings. The van der Waals surface area contributed by atoms with E-state index in [0.717, 1.165) is 18.7 Å². The van der Waals surface area contributed by atoms with Crippen molar-refractivity contribution in [2.75, 3.05) is 6.54 Å². The zero-order chi connectivity index (χ0) is 14.8. The molecule has 1 aromatic rings. The number of carbonyl (C=O) groups is 1. The predicted octanol–water partition coefficient (Wildman–Crippen LogP) is 4.17. The summed E-state index contributed by atoms with van der Waals surface area (Å²) in [5.41, 5.74) is 0.690. The molecule has 0 aliphatic heterocycles. The molecule has 1 N–H and O–H groups in total. The lowest BCUT2D eigenvalue weighted by atomic mass is 10.1. The monoisotopic (exact) mass is 277 g/mol. The molecule has 3 nitrogen and oxygen atoms in total. The molecule has 1 amide bonds. The molecule has 0 radical (unpaired) electrons. The van der Waals surface area contributed by atoms with Crippen molar-refractivity contribution in [3.63, 3.8) is 0 Å². The summed E-state index contributed by atoms with van der Waals surface area (Å²) in [5.74, 6) is 0.799. The van der Waals surface area contributed by atoms with Gasteiger partial charge in [0.1, 0.15) is 5.75 Å². The molecule has 0 atom stereocenters. The number of carbonyl (C=O) groups excluding carboxylic acids is 1. The van der Waals surface area contributed by atoms with E-state index in [0.29, 0.717) is 5.56 Å². The lowest BCUT2D eigenvalue weighted by Crippen LogP contribution is -2.24. The van der Waals surface area contributed by atoms with Crippen molar-refractivity contribution < 1.29 is 9.53 Å². The first kappa shape index (κ1) is 16.5. The second kappa shape index (κ2) is 9.40. The molecule has 0 aromatic heterocycles. The Morgan fingerprint density at radius 1 is 1.10 bits per heavy atom. The van der Waals surface area contributed by atoms with Gasteiger partial charge in [-0.15, -0.1) is 0 Å². The normalized spacial score (nSPS) is 10.6. The molecule has 0 unspecified atom stereocenters. The van der Waals surface area contributed by atoms with Gasteiger partial charge in [0, 0.05) is 12.1 Å². The van der Waals surface area contributed by atoms with Gasteiger partial charge in [0.2, 0.25) is 0 Å². The summed E-state index contributed by atoms with van der Waals surface area (Å²) in [7, 11) is 0. The van der Waals surface area contributed by atoms with E-state index in [1.807, 2.05) is 38.1 Å². The Balaban J connectivity index is 2.29. The fourth-order valence-electron chi connectivity index (χ4n) is 1.99. The molecular formula is C17H27NO2. The second-order valence-corrected chi connectivity index (χ2v) is 5.36. The van der Waals surface area contributed by atoms with Gasteiger partial charge in [-0.1, -0.05) is 32.6 Å². The van der Waals surface area contributed by atoms with Gasteiger partial charge in [0.05, 0.1) is 6.10 Å². The Labute approximate surface area is 122 Å². The van der Waals surface area contributed by atoms with E-state index >= 15 is 0 Å². The summed E-state index contributed by atoms with van der Waals surface area (Å²) in [4.78, 5) is 11.9. The molecule has 0 bridgehead atoms. The fraction of sp³-hybridized carbons (Fsp3) is 0.588. The van der Waals surface area contributed by atoms with E-state index in [4.69, 9.17) is 4.74 Å². The Morgan fingerprint density at radius 3 is 2.35 bits per heavy atom. The third-order valence-corrected chi connectivity index (χ3v) is 3.05. The topological polar surface area (TPSA) is 38.3 Å². The van der Waals surface area contributed by atoms with E-state index in [9.17, 15) is 4.79 Å². The Morgan fingerprint density at radius 2 is 1.75 bits per heavy atom. The molecule has 112 valence electrons. The third kappa shape index (κ3) is 6.60. The lowest BCUT2D eigenvalue weighted by Gasteiger charge is -2.10. The van der Waals surface area contributed by atoms with Crippen LogP contribution >= 0.6 is 0 Å². The number of benzene rings is 1. The van der Waals surface area contributed by atoms with Crippen molar-refractivity contribution in [1.82, 2.24) is 5.32 Å². The van der Waals surface area contributed by atoms with Crippen molar-refractivity contribution in [1.29, 1.82) is 0 Å². The summed E-state index contributed by atoms with van der Waals surface area (Å²) in [6.07, 6.45) is 6.18. The van der Waals surface area contributed by atoms with Gasteiger partial charge in [-0.25, -0.2) is 0 Å². The van der Waals surface area contributed by atoms with Crippen LogP contribution < -0.4 is 10.1 Å². The highest BCUT2D eigenvalue weighted by molar-refractivity contribution is 5.94. The SMILES string of the molecule is CCCCCCCNC(=O)c1ccc(OC(C)C)cc1. The molecular weight excluding hydrogens is 250 g/mol. The first-order valence-corrected chi connectivity index (χ1v) is 7.68. The largest absolute Gasteiger partial charge is 0.491 e. The first-order chi connectivity index (χ1) is 9.63. The van der Waals surface area contributed by atoms with Gasteiger partial charge in [0.25, 0.3) is 5.91 Å². The first-order valence-electron chi connectivity index (χ1n) is 7.68. The molecule has 1 rings (SSSR count). The number of nitrogens with one attached hydrogen (secondary N) is 1. The summed E-state index contributed by atoms with van der Waals surface area (Å²) in [5, 5.41) is 2.96. The fourth-order valence-corrected chi connectivity index (χ4v) is 1.99. The van der Waals surface area contributed by atoms with Gasteiger partial charge < -0.3 is 10.1 Å². The van der Waals surface area contributed by atoms with Crippen molar-refractivity contribution in [3.05, 3.63) is 29.8 Å². The molecule has 0 heterocycles. The zero-order valence-electron chi connectivity index (χ0n) is 12.9. The number of unbranched alkanes of at least 4 members (excludes halogenated alkanes) is 4. The maximum absolute atomic E-state index is 11.9. The van der Waals surface area contributed by atoms with Crippen LogP contribution in [0.3, 0.4) is 0 Å². The van der Waals surface area contributed by atoms with Crippen LogP contribution in [0, 0.1) is 0 Å². The molecule has 0 fully saturated rings. The molecule has 0 spiro atoms. The number of amides is 1. The van der Waals surface area contributed by atoms with Crippen molar-refractivity contribution in [2.45, 2.75) is 59.0 Å². The standard InChI is InChI=1S/C17H27NO2/c1-4-5-6-7-8-13-18-17(19)15-9-11-16(12-10-15)20-14(2)3/h9-12,14H,4-8,13H2,1-3H3,(H,18,19). The van der Waals surface area contributed by atoms with Crippen LogP contribution in [0.1, 0.15) is 63.2 Å². The molecule has 0 saturated carbocycles. The van der Waals surface area contributed by atoms with Crippen LogP contribution in [0.4, 0.5) is 0 Å². The Kier molecular flexibility index (Phi) is 7.78. The third-order valence-electron chi connectivity index (χ3n) is 3.05. The van der Waals surface area contributed by atoms with E-state index < -0.39 is 0 Å². The van der Waals surface area contributed by atoms with Crippen LogP contribution in [0.15, 0.2) is 24.3 Å². The molecule has 1 aromatic carbocycles. The van der Waals surface area contributed by atoms with E-state index in [2.05, 4.69) is 12.2 Å². The summed E-state index contributed by atoms with van der Waals surface area (Å²) in [6, 6.07) is 7.31. The number of hydrogen-bond donors (Lipinski definition) is 1. The van der Waals surface area contributed by atoms with Crippen molar-refractivity contribution in [2.24, 2.45) is 0 Å². The van der Waals surface area contributed by atoms with Crippen LogP contribution in [0.2, 0.25) is 0 Å². The zero-order valence-corrected chi connectivity index (χ0v) is 12.9. The van der Waals surface area contributed by atoms with E-state index in [1.54, 1.807) is 0 Å². The quantitative estimate of drug-likeness (QED) is 0.688. The van der Waals surface area contributed by atoms with Gasteiger partial charge >= 0.3 is 0 Å². The van der Waals surface area contributed by atoms with Crippen molar-refractivity contribution in [3.8, 4) is 5.75 Å². The summed E-state index contributed by atoms with van der Waals surface area (Å²) in [6.45, 7) is 6.93. The maximum atomic E-state index is 11.9. The maximum Gasteiger partial charge on any atom is 0.251 e. The van der Waals surface area contributed by atoms with Gasteiger partial charge in [0.15, 0.2) is 0 Å². The average Bonchev–Trinajstić information content (AvgIpc) is 2.42. The predicted molar refractivity (Wildman–Crippen MR) is 83.3 cm³/mol. The van der Waals surface area contributed by atoms with Gasteiger partial charge in [-0.2, -0.15) is 0 Å². The molecule has 0 aliphatic carbocycles. The van der Waals surface area contributed by atoms with Crippen LogP contribution in [0.25, 0.3) is 0 Å². The minimum absolute atomic E-state index is 0.00316.